The molecule has 0 aliphatic carbocycles. The average Bonchev–Trinajstić information content (AvgIpc) is 2.76. The van der Waals surface area contributed by atoms with Crippen LogP contribution in [0.4, 0.5) is 5.69 Å². The molecule has 0 aliphatic rings. The number of methoxy groups -OCH3 is 1. The van der Waals surface area contributed by atoms with Gasteiger partial charge in [-0.1, -0.05) is 11.2 Å². The maximum absolute atomic E-state index is 11.7. The van der Waals surface area contributed by atoms with Gasteiger partial charge in [0.05, 0.1) is 12.8 Å². The molecule has 2 aromatic rings. The fourth-order valence-corrected chi connectivity index (χ4v) is 1.36. The summed E-state index contributed by atoms with van der Waals surface area (Å²) in [6.45, 7) is 1.76. The van der Waals surface area contributed by atoms with Crippen LogP contribution in [0, 0.1) is 6.92 Å². The smallest absolute Gasteiger partial charge is 0.294 e. The van der Waals surface area contributed by atoms with Crippen LogP contribution in [0.2, 0.25) is 0 Å². The van der Waals surface area contributed by atoms with Gasteiger partial charge in [0.25, 0.3) is 5.91 Å². The maximum Gasteiger partial charge on any atom is 0.294 e. The van der Waals surface area contributed by atoms with Crippen LogP contribution < -0.4 is 10.1 Å². The van der Waals surface area contributed by atoms with Crippen LogP contribution in [0.25, 0.3) is 0 Å². The van der Waals surface area contributed by atoms with E-state index in [4.69, 9.17) is 9.26 Å². The summed E-state index contributed by atoms with van der Waals surface area (Å²) in [5.41, 5.74) is 1.31. The van der Waals surface area contributed by atoms with Gasteiger partial charge in [0.1, 0.15) is 5.75 Å². The highest BCUT2D eigenvalue weighted by Crippen LogP contribution is 2.17. The number of ether oxygens (including phenoxy) is 1. The first-order valence-electron chi connectivity index (χ1n) is 5.08. The molecule has 1 N–H and O–H groups in total. The van der Waals surface area contributed by atoms with Crippen molar-refractivity contribution in [1.82, 2.24) is 5.16 Å². The van der Waals surface area contributed by atoms with Gasteiger partial charge >= 0.3 is 0 Å². The molecule has 1 amide bonds. The minimum Gasteiger partial charge on any atom is -0.497 e. The zero-order chi connectivity index (χ0) is 12.3. The van der Waals surface area contributed by atoms with Crippen molar-refractivity contribution in [1.29, 1.82) is 0 Å². The summed E-state index contributed by atoms with van der Waals surface area (Å²) in [4.78, 5) is 11.7. The van der Waals surface area contributed by atoms with E-state index >= 15 is 0 Å². The Bertz CT molecular complexity index is 534. The SMILES string of the molecule is COc1cccc(NC(=O)c2cc(C)no2)c1. The van der Waals surface area contributed by atoms with E-state index in [-0.39, 0.29) is 11.7 Å². The number of aromatic nitrogens is 1. The fourth-order valence-electron chi connectivity index (χ4n) is 1.36. The Kier molecular flexibility index (Phi) is 3.09. The Labute approximate surface area is 98.4 Å². The third-order valence-corrected chi connectivity index (χ3v) is 2.18. The minimum atomic E-state index is -0.334. The van der Waals surface area contributed by atoms with E-state index in [1.165, 1.54) is 0 Å². The normalized spacial score (nSPS) is 10.0. The largest absolute Gasteiger partial charge is 0.497 e. The molecule has 0 atom stereocenters. The zero-order valence-electron chi connectivity index (χ0n) is 9.56. The number of rotatable bonds is 3. The first-order valence-corrected chi connectivity index (χ1v) is 5.08. The fraction of sp³-hybridized carbons (Fsp3) is 0.167. The van der Waals surface area contributed by atoms with E-state index < -0.39 is 0 Å². The van der Waals surface area contributed by atoms with Crippen molar-refractivity contribution in [3.05, 3.63) is 41.8 Å². The molecule has 0 saturated carbocycles. The van der Waals surface area contributed by atoms with Gasteiger partial charge < -0.3 is 14.6 Å². The second kappa shape index (κ2) is 4.69. The Balaban J connectivity index is 2.12. The summed E-state index contributed by atoms with van der Waals surface area (Å²) in [5, 5.41) is 6.35. The molecule has 0 unspecified atom stereocenters. The highest BCUT2D eigenvalue weighted by molar-refractivity contribution is 6.02. The summed E-state index contributed by atoms with van der Waals surface area (Å²) >= 11 is 0. The summed E-state index contributed by atoms with van der Waals surface area (Å²) in [6.07, 6.45) is 0. The topological polar surface area (TPSA) is 64.4 Å². The number of amides is 1. The number of carbonyl (C=O) groups excluding carboxylic acids is 1. The predicted molar refractivity (Wildman–Crippen MR) is 62.2 cm³/mol. The molecule has 0 fully saturated rings. The van der Waals surface area contributed by atoms with Crippen molar-refractivity contribution < 1.29 is 14.1 Å². The number of carbonyl (C=O) groups is 1. The lowest BCUT2D eigenvalue weighted by molar-refractivity contribution is 0.0988. The molecule has 1 aromatic heterocycles. The highest BCUT2D eigenvalue weighted by atomic mass is 16.5. The third kappa shape index (κ3) is 2.63. The van der Waals surface area contributed by atoms with Crippen molar-refractivity contribution in [2.24, 2.45) is 0 Å². The number of benzene rings is 1. The molecule has 2 rings (SSSR count). The van der Waals surface area contributed by atoms with E-state index in [0.29, 0.717) is 17.1 Å². The van der Waals surface area contributed by atoms with Crippen LogP contribution in [0.3, 0.4) is 0 Å². The quantitative estimate of drug-likeness (QED) is 0.881. The average molecular weight is 232 g/mol. The Morgan fingerprint density at radius 1 is 1.41 bits per heavy atom. The number of hydrogen-bond donors (Lipinski definition) is 1. The van der Waals surface area contributed by atoms with Gasteiger partial charge in [-0.05, 0) is 19.1 Å². The van der Waals surface area contributed by atoms with Crippen LogP contribution in [-0.2, 0) is 0 Å². The molecule has 0 bridgehead atoms. The van der Waals surface area contributed by atoms with Gasteiger partial charge in [0, 0.05) is 17.8 Å². The minimum absolute atomic E-state index is 0.185. The summed E-state index contributed by atoms with van der Waals surface area (Å²) < 4.78 is 9.92. The Morgan fingerprint density at radius 2 is 2.24 bits per heavy atom. The predicted octanol–water partition coefficient (Wildman–Crippen LogP) is 2.24. The number of anilines is 1. The van der Waals surface area contributed by atoms with Gasteiger partial charge in [0.2, 0.25) is 5.76 Å². The van der Waals surface area contributed by atoms with E-state index in [9.17, 15) is 4.79 Å². The van der Waals surface area contributed by atoms with Gasteiger partial charge in [-0.15, -0.1) is 0 Å². The van der Waals surface area contributed by atoms with Gasteiger partial charge in [0.15, 0.2) is 0 Å². The second-order valence-electron chi connectivity index (χ2n) is 3.52. The molecule has 5 heteroatoms. The number of hydrogen-bond acceptors (Lipinski definition) is 4. The first-order chi connectivity index (χ1) is 8.19. The summed E-state index contributed by atoms with van der Waals surface area (Å²) in [7, 11) is 1.57. The molecule has 0 spiro atoms. The lowest BCUT2D eigenvalue weighted by Gasteiger charge is -2.04. The standard InChI is InChI=1S/C12H12N2O3/c1-8-6-11(17-14-8)12(15)13-9-4-3-5-10(7-9)16-2/h3-7H,1-2H3,(H,13,15). The zero-order valence-corrected chi connectivity index (χ0v) is 9.56. The molecule has 5 nitrogen and oxygen atoms in total. The van der Waals surface area contributed by atoms with E-state index in [1.54, 1.807) is 44.4 Å². The van der Waals surface area contributed by atoms with Crippen LogP contribution in [0.1, 0.15) is 16.2 Å². The Hall–Kier alpha value is -2.30. The second-order valence-corrected chi connectivity index (χ2v) is 3.52. The van der Waals surface area contributed by atoms with Crippen LogP contribution in [0.15, 0.2) is 34.9 Å². The van der Waals surface area contributed by atoms with Gasteiger partial charge in [-0.2, -0.15) is 0 Å². The first kappa shape index (κ1) is 11.2. The molecule has 0 saturated heterocycles. The lowest BCUT2D eigenvalue weighted by Crippen LogP contribution is -2.10. The van der Waals surface area contributed by atoms with Gasteiger partial charge in [-0.25, -0.2) is 0 Å². The molecule has 0 radical (unpaired) electrons. The van der Waals surface area contributed by atoms with E-state index in [1.807, 2.05) is 0 Å². The molecule has 1 aromatic carbocycles. The number of nitrogens with one attached hydrogen (secondary N) is 1. The Morgan fingerprint density at radius 3 is 2.88 bits per heavy atom. The lowest BCUT2D eigenvalue weighted by atomic mass is 10.3. The van der Waals surface area contributed by atoms with Crippen molar-refractivity contribution in [3.63, 3.8) is 0 Å². The third-order valence-electron chi connectivity index (χ3n) is 2.18. The molecular weight excluding hydrogens is 220 g/mol. The van der Waals surface area contributed by atoms with Crippen molar-refractivity contribution >= 4 is 11.6 Å². The van der Waals surface area contributed by atoms with E-state index in [2.05, 4.69) is 10.5 Å². The van der Waals surface area contributed by atoms with E-state index in [0.717, 1.165) is 0 Å². The van der Waals surface area contributed by atoms with Crippen LogP contribution >= 0.6 is 0 Å². The summed E-state index contributed by atoms with van der Waals surface area (Å²) in [6, 6.07) is 8.66. The number of aryl methyl sites for hydroxylation is 1. The molecule has 88 valence electrons. The summed E-state index contributed by atoms with van der Waals surface area (Å²) in [5.74, 6) is 0.528. The number of nitrogens with zero attached hydrogens (tertiary/aromatic N) is 1. The van der Waals surface area contributed by atoms with Gasteiger partial charge in [-0.3, -0.25) is 4.79 Å². The maximum atomic E-state index is 11.7. The molecule has 1 heterocycles. The van der Waals surface area contributed by atoms with Crippen molar-refractivity contribution in [3.8, 4) is 5.75 Å². The van der Waals surface area contributed by atoms with Crippen LogP contribution in [-0.4, -0.2) is 18.2 Å². The van der Waals surface area contributed by atoms with Crippen LogP contribution in [0.5, 0.6) is 5.75 Å². The molecule has 17 heavy (non-hydrogen) atoms. The molecule has 0 aliphatic heterocycles. The molecular formula is C12H12N2O3. The van der Waals surface area contributed by atoms with Crippen molar-refractivity contribution in [2.75, 3.05) is 12.4 Å². The monoisotopic (exact) mass is 232 g/mol. The highest BCUT2D eigenvalue weighted by Gasteiger charge is 2.11. The van der Waals surface area contributed by atoms with Crippen molar-refractivity contribution in [2.45, 2.75) is 6.92 Å².